The van der Waals surface area contributed by atoms with Crippen LogP contribution in [0.3, 0.4) is 0 Å². The molecule has 0 aliphatic carbocycles. The number of aromatic amines is 1. The number of carbonyl (C=O) groups is 2. The van der Waals surface area contributed by atoms with Gasteiger partial charge in [0.05, 0.1) is 16.1 Å². The summed E-state index contributed by atoms with van der Waals surface area (Å²) in [5, 5.41) is 12.7. The van der Waals surface area contributed by atoms with E-state index in [0.717, 1.165) is 54.4 Å². The number of anilines is 2. The molecule has 2 aromatic carbocycles. The highest BCUT2D eigenvalue weighted by Gasteiger charge is 2.33. The van der Waals surface area contributed by atoms with Crippen molar-refractivity contribution in [3.05, 3.63) is 70.4 Å². The van der Waals surface area contributed by atoms with Crippen LogP contribution in [0.2, 0.25) is 0 Å². The summed E-state index contributed by atoms with van der Waals surface area (Å²) in [6, 6.07) is 7.44. The number of likely N-dealkylation sites (tertiary alicyclic amines) is 1. The van der Waals surface area contributed by atoms with E-state index in [1.54, 1.807) is 12.1 Å². The monoisotopic (exact) mass is 614 g/mol. The lowest BCUT2D eigenvalue weighted by atomic mass is 10.1. The van der Waals surface area contributed by atoms with E-state index in [-0.39, 0.29) is 36.8 Å². The van der Waals surface area contributed by atoms with Crippen LogP contribution in [0.25, 0.3) is 0 Å². The van der Waals surface area contributed by atoms with Gasteiger partial charge >= 0.3 is 0 Å². The van der Waals surface area contributed by atoms with Crippen molar-refractivity contribution in [3.8, 4) is 0 Å². The molecule has 1 aromatic heterocycles. The Morgan fingerprint density at radius 1 is 1.02 bits per heavy atom. The third kappa shape index (κ3) is 6.32. The number of ether oxygens (including phenoxy) is 1. The molecule has 3 aromatic rings. The van der Waals surface area contributed by atoms with E-state index in [0.29, 0.717) is 42.6 Å². The maximum atomic E-state index is 13.8. The lowest BCUT2D eigenvalue weighted by molar-refractivity contribution is -0.124. The van der Waals surface area contributed by atoms with Crippen LogP contribution in [0.1, 0.15) is 52.9 Å². The molecule has 2 fully saturated rings. The van der Waals surface area contributed by atoms with Gasteiger partial charge in [0.2, 0.25) is 10.0 Å². The van der Waals surface area contributed by atoms with E-state index >= 15 is 0 Å². The maximum absolute atomic E-state index is 13.8. The van der Waals surface area contributed by atoms with Crippen molar-refractivity contribution in [2.45, 2.75) is 56.2 Å². The molecule has 2 amide bonds. The average molecular weight is 615 g/mol. The fraction of sp³-hybridized carbons (Fsp3) is 0.414. The van der Waals surface area contributed by atoms with Crippen LogP contribution in [0.4, 0.5) is 20.3 Å². The number of sulfonamides is 1. The molecule has 43 heavy (non-hydrogen) atoms. The van der Waals surface area contributed by atoms with Gasteiger partial charge in [-0.15, -0.1) is 0 Å². The van der Waals surface area contributed by atoms with Crippen molar-refractivity contribution in [2.24, 2.45) is 0 Å². The van der Waals surface area contributed by atoms with Crippen molar-refractivity contribution in [3.63, 3.8) is 0 Å². The number of amides is 2. The van der Waals surface area contributed by atoms with E-state index < -0.39 is 38.6 Å². The van der Waals surface area contributed by atoms with Gasteiger partial charge in [-0.2, -0.15) is 9.40 Å². The first kappa shape index (κ1) is 29.4. The number of nitrogens with one attached hydrogen (secondary N) is 3. The lowest BCUT2D eigenvalue weighted by Gasteiger charge is -2.26. The third-order valence-corrected chi connectivity index (χ3v) is 9.84. The van der Waals surface area contributed by atoms with Crippen LogP contribution in [0.5, 0.6) is 0 Å². The molecule has 4 heterocycles. The van der Waals surface area contributed by atoms with Crippen LogP contribution in [-0.4, -0.2) is 72.0 Å². The van der Waals surface area contributed by atoms with Gasteiger partial charge in [-0.3, -0.25) is 19.6 Å². The second-order valence-electron chi connectivity index (χ2n) is 11.0. The molecule has 228 valence electrons. The zero-order valence-corrected chi connectivity index (χ0v) is 24.2. The van der Waals surface area contributed by atoms with Crippen LogP contribution in [-0.2, 0) is 39.1 Å². The van der Waals surface area contributed by atoms with Crippen LogP contribution in [0.15, 0.2) is 41.3 Å². The zero-order chi connectivity index (χ0) is 30.1. The van der Waals surface area contributed by atoms with Gasteiger partial charge in [0.1, 0.15) is 17.7 Å². The molecule has 3 aliphatic rings. The number of H-pyrrole nitrogens is 1. The highest BCUT2D eigenvalue weighted by atomic mass is 32.2. The number of hydrogen-bond acceptors (Lipinski definition) is 7. The first-order chi connectivity index (χ1) is 20.7. The SMILES string of the molecule is O=C(Nc1n[nH]c2c1CN(S(=O)(=O)c1cc(F)cc(F)c1)CC2)c1ccc(CN2CCCC2)cc1NC(=O)[C@@H]1CCCO1. The van der Waals surface area contributed by atoms with E-state index in [1.807, 2.05) is 6.07 Å². The standard InChI is InChI=1S/C29H32F2N6O5S/c30-19-13-20(31)15-21(14-19)43(40,41)37-10-7-24-23(17-37)27(35-34-24)33-28(38)22-6-5-18(16-36-8-1-2-9-36)12-25(22)32-29(39)26-4-3-11-42-26/h5-6,12-15,26H,1-4,7-11,16-17H2,(H,32,39)(H2,33,34,35,38)/t26-/m0/s1. The summed E-state index contributed by atoms with van der Waals surface area (Å²) in [4.78, 5) is 28.3. The van der Waals surface area contributed by atoms with Gasteiger partial charge < -0.3 is 15.4 Å². The summed E-state index contributed by atoms with van der Waals surface area (Å²) in [6.07, 6.45) is 3.32. The maximum Gasteiger partial charge on any atom is 0.258 e. The summed E-state index contributed by atoms with van der Waals surface area (Å²) in [5.41, 5.74) is 2.59. The Balaban J connectivity index is 1.23. The largest absolute Gasteiger partial charge is 0.368 e. The smallest absolute Gasteiger partial charge is 0.258 e. The van der Waals surface area contributed by atoms with E-state index in [4.69, 9.17) is 4.74 Å². The fourth-order valence-electron chi connectivity index (χ4n) is 5.77. The normalized spacial score (nSPS) is 19.3. The molecule has 0 radical (unpaired) electrons. The molecule has 14 heteroatoms. The van der Waals surface area contributed by atoms with Gasteiger partial charge in [-0.1, -0.05) is 6.07 Å². The van der Waals surface area contributed by atoms with Gasteiger partial charge in [0.25, 0.3) is 11.8 Å². The average Bonchev–Trinajstić information content (AvgIpc) is 3.76. The predicted molar refractivity (Wildman–Crippen MR) is 153 cm³/mol. The van der Waals surface area contributed by atoms with E-state index in [9.17, 15) is 26.8 Å². The molecule has 1 atom stereocenters. The van der Waals surface area contributed by atoms with Gasteiger partial charge in [0, 0.05) is 50.0 Å². The molecule has 3 N–H and O–H groups in total. The van der Waals surface area contributed by atoms with E-state index in [1.165, 1.54) is 0 Å². The minimum atomic E-state index is -4.23. The first-order valence-corrected chi connectivity index (χ1v) is 15.7. The van der Waals surface area contributed by atoms with Crippen molar-refractivity contribution < 1.29 is 31.5 Å². The van der Waals surface area contributed by atoms with Crippen LogP contribution < -0.4 is 10.6 Å². The van der Waals surface area contributed by atoms with Gasteiger partial charge in [-0.05, 0) is 68.6 Å². The molecule has 2 saturated heterocycles. The molecule has 6 rings (SSSR count). The third-order valence-electron chi connectivity index (χ3n) is 8.02. The number of hydrogen-bond donors (Lipinski definition) is 3. The molecule has 11 nitrogen and oxygen atoms in total. The Morgan fingerprint density at radius 2 is 1.79 bits per heavy atom. The minimum absolute atomic E-state index is 0.0565. The number of benzene rings is 2. The Bertz CT molecular complexity index is 1630. The number of carbonyl (C=O) groups excluding carboxylic acids is 2. The second kappa shape index (κ2) is 12.1. The molecule has 0 spiro atoms. The Morgan fingerprint density at radius 3 is 2.51 bits per heavy atom. The van der Waals surface area contributed by atoms with Crippen molar-refractivity contribution in [2.75, 3.05) is 36.9 Å². The predicted octanol–water partition coefficient (Wildman–Crippen LogP) is 3.40. The summed E-state index contributed by atoms with van der Waals surface area (Å²) < 4.78 is 60.6. The molecule has 0 unspecified atom stereocenters. The van der Waals surface area contributed by atoms with Gasteiger partial charge in [-0.25, -0.2) is 17.2 Å². The number of nitrogens with zero attached hydrogens (tertiary/aromatic N) is 3. The fourth-order valence-corrected chi connectivity index (χ4v) is 7.22. The summed E-state index contributed by atoms with van der Waals surface area (Å²) in [5.74, 6) is -2.74. The zero-order valence-electron chi connectivity index (χ0n) is 23.4. The Hall–Kier alpha value is -3.72. The Kier molecular flexibility index (Phi) is 8.27. The summed E-state index contributed by atoms with van der Waals surface area (Å²) >= 11 is 0. The van der Waals surface area contributed by atoms with Gasteiger partial charge in [0.15, 0.2) is 5.82 Å². The van der Waals surface area contributed by atoms with Crippen LogP contribution >= 0.6 is 0 Å². The number of halogens is 2. The van der Waals surface area contributed by atoms with Crippen molar-refractivity contribution >= 4 is 33.3 Å². The van der Waals surface area contributed by atoms with Crippen molar-refractivity contribution in [1.29, 1.82) is 0 Å². The summed E-state index contributed by atoms with van der Waals surface area (Å²) in [6.45, 7) is 3.07. The number of fused-ring (bicyclic) bond motifs is 1. The highest BCUT2D eigenvalue weighted by molar-refractivity contribution is 7.89. The molecule has 0 bridgehead atoms. The number of rotatable bonds is 8. The van der Waals surface area contributed by atoms with Crippen LogP contribution in [0, 0.1) is 11.6 Å². The van der Waals surface area contributed by atoms with E-state index in [2.05, 4.69) is 25.7 Å². The second-order valence-corrected chi connectivity index (χ2v) is 13.0. The van der Waals surface area contributed by atoms with Crippen molar-refractivity contribution in [1.82, 2.24) is 19.4 Å². The topological polar surface area (TPSA) is 137 Å². The quantitative estimate of drug-likeness (QED) is 0.354. The first-order valence-electron chi connectivity index (χ1n) is 14.3. The molecular formula is C29H32F2N6O5S. The number of aromatic nitrogens is 2. The summed E-state index contributed by atoms with van der Waals surface area (Å²) in [7, 11) is -4.23. The Labute approximate surface area is 247 Å². The molecule has 0 saturated carbocycles. The highest BCUT2D eigenvalue weighted by Crippen LogP contribution is 2.30. The lowest BCUT2D eigenvalue weighted by Crippen LogP contribution is -2.36. The molecule has 3 aliphatic heterocycles. The molecular weight excluding hydrogens is 582 g/mol. The minimum Gasteiger partial charge on any atom is -0.368 e.